The maximum absolute atomic E-state index is 12.4. The molecule has 0 bridgehead atoms. The SMILES string of the molecule is COc1ccc(C=CC(=O)Nc2nc3ccc4nc(SC)sc4c3s2)cc1OC. The predicted octanol–water partition coefficient (Wildman–Crippen LogP) is 5.30. The van der Waals surface area contributed by atoms with E-state index in [0.717, 1.165) is 30.3 Å². The third kappa shape index (κ3) is 4.07. The highest BCUT2D eigenvalue weighted by molar-refractivity contribution is 8.00. The Bertz CT molecular complexity index is 1230. The van der Waals surface area contributed by atoms with Gasteiger partial charge in [0.05, 0.1) is 34.7 Å². The second kappa shape index (κ2) is 8.40. The molecule has 148 valence electrons. The van der Waals surface area contributed by atoms with Gasteiger partial charge in [0.2, 0.25) is 5.91 Å². The molecule has 0 aliphatic rings. The summed E-state index contributed by atoms with van der Waals surface area (Å²) in [5.74, 6) is 1.01. The molecule has 4 rings (SSSR count). The number of rotatable bonds is 6. The Morgan fingerprint density at radius 3 is 2.48 bits per heavy atom. The molecule has 0 spiro atoms. The predicted molar refractivity (Wildman–Crippen MR) is 122 cm³/mol. The standard InChI is InChI=1S/C20H17N3O3S3/c1-25-14-8-4-11(10-15(14)26-2)5-9-16(24)23-19-21-12-6-7-13-18(17(12)28-19)29-20(22-13)27-3/h4-10H,1-3H3,(H,21,23,24). The molecule has 6 nitrogen and oxygen atoms in total. The van der Waals surface area contributed by atoms with Crippen LogP contribution in [0.4, 0.5) is 5.13 Å². The Hall–Kier alpha value is -2.62. The van der Waals surface area contributed by atoms with Crippen LogP contribution in [0, 0.1) is 0 Å². The maximum atomic E-state index is 12.4. The summed E-state index contributed by atoms with van der Waals surface area (Å²) in [6.07, 6.45) is 5.20. The van der Waals surface area contributed by atoms with E-state index in [0.29, 0.717) is 16.6 Å². The van der Waals surface area contributed by atoms with Crippen LogP contribution in [0.1, 0.15) is 5.56 Å². The van der Waals surface area contributed by atoms with Gasteiger partial charge in [-0.1, -0.05) is 29.2 Å². The lowest BCUT2D eigenvalue weighted by atomic mass is 10.2. The maximum Gasteiger partial charge on any atom is 0.250 e. The van der Waals surface area contributed by atoms with E-state index in [2.05, 4.69) is 15.3 Å². The minimum Gasteiger partial charge on any atom is -0.493 e. The lowest BCUT2D eigenvalue weighted by molar-refractivity contribution is -0.111. The topological polar surface area (TPSA) is 73.3 Å². The normalized spacial score (nSPS) is 11.4. The number of methoxy groups -OCH3 is 2. The number of ether oxygens (including phenoxy) is 2. The van der Waals surface area contributed by atoms with Crippen molar-refractivity contribution < 1.29 is 14.3 Å². The van der Waals surface area contributed by atoms with Crippen molar-refractivity contribution >= 4 is 72.0 Å². The van der Waals surface area contributed by atoms with Gasteiger partial charge in [0.25, 0.3) is 0 Å². The summed E-state index contributed by atoms with van der Waals surface area (Å²) in [5, 5.41) is 3.41. The van der Waals surface area contributed by atoms with Crippen LogP contribution in [0.15, 0.2) is 40.7 Å². The molecule has 0 radical (unpaired) electrons. The Morgan fingerprint density at radius 2 is 1.76 bits per heavy atom. The van der Waals surface area contributed by atoms with E-state index in [4.69, 9.17) is 9.47 Å². The zero-order chi connectivity index (χ0) is 20.4. The number of carbonyl (C=O) groups is 1. The lowest BCUT2D eigenvalue weighted by Crippen LogP contribution is -2.07. The summed E-state index contributed by atoms with van der Waals surface area (Å²) in [4.78, 5) is 21.5. The number of carbonyl (C=O) groups excluding carboxylic acids is 1. The molecule has 0 saturated heterocycles. The quantitative estimate of drug-likeness (QED) is 0.322. The number of anilines is 1. The average molecular weight is 444 g/mol. The summed E-state index contributed by atoms with van der Waals surface area (Å²) in [6.45, 7) is 0. The summed E-state index contributed by atoms with van der Waals surface area (Å²) in [5.41, 5.74) is 2.65. The van der Waals surface area contributed by atoms with Gasteiger partial charge in [-0.05, 0) is 42.2 Å². The monoisotopic (exact) mass is 443 g/mol. The van der Waals surface area contributed by atoms with Gasteiger partial charge in [-0.2, -0.15) is 0 Å². The van der Waals surface area contributed by atoms with Crippen LogP contribution in [0.3, 0.4) is 0 Å². The highest BCUT2D eigenvalue weighted by Crippen LogP contribution is 2.38. The molecule has 1 N–H and O–H groups in total. The van der Waals surface area contributed by atoms with Crippen LogP contribution in [0.5, 0.6) is 11.5 Å². The zero-order valence-corrected chi connectivity index (χ0v) is 18.3. The Balaban J connectivity index is 1.53. The minimum absolute atomic E-state index is 0.246. The molecule has 29 heavy (non-hydrogen) atoms. The number of hydrogen-bond acceptors (Lipinski definition) is 8. The van der Waals surface area contributed by atoms with Crippen molar-refractivity contribution in [1.29, 1.82) is 0 Å². The van der Waals surface area contributed by atoms with E-state index < -0.39 is 0 Å². The van der Waals surface area contributed by atoms with Gasteiger partial charge < -0.3 is 9.47 Å². The van der Waals surface area contributed by atoms with Gasteiger partial charge in [-0.25, -0.2) is 9.97 Å². The van der Waals surface area contributed by atoms with Crippen LogP contribution < -0.4 is 14.8 Å². The number of amides is 1. The molecule has 0 saturated carbocycles. The Morgan fingerprint density at radius 1 is 1.03 bits per heavy atom. The largest absolute Gasteiger partial charge is 0.493 e. The smallest absolute Gasteiger partial charge is 0.250 e. The number of aromatic nitrogens is 2. The van der Waals surface area contributed by atoms with Crippen molar-refractivity contribution in [3.05, 3.63) is 42.0 Å². The molecule has 0 aliphatic carbocycles. The second-order valence-electron chi connectivity index (χ2n) is 5.90. The van der Waals surface area contributed by atoms with Gasteiger partial charge in [-0.15, -0.1) is 11.3 Å². The number of nitrogens with zero attached hydrogens (tertiary/aromatic N) is 2. The molecule has 2 aromatic heterocycles. The number of nitrogens with one attached hydrogen (secondary N) is 1. The molecule has 2 heterocycles. The fraction of sp³-hybridized carbons (Fsp3) is 0.150. The van der Waals surface area contributed by atoms with E-state index in [1.54, 1.807) is 49.5 Å². The summed E-state index contributed by atoms with van der Waals surface area (Å²) in [6, 6.07) is 9.37. The van der Waals surface area contributed by atoms with Crippen LogP contribution in [0.25, 0.3) is 26.5 Å². The minimum atomic E-state index is -0.246. The first-order valence-electron chi connectivity index (χ1n) is 8.56. The van der Waals surface area contributed by atoms with Crippen molar-refractivity contribution in [2.75, 3.05) is 25.8 Å². The molecular weight excluding hydrogens is 426 g/mol. The highest BCUT2D eigenvalue weighted by Gasteiger charge is 2.12. The van der Waals surface area contributed by atoms with Crippen LogP contribution in [-0.4, -0.2) is 36.4 Å². The first kappa shape index (κ1) is 19.7. The molecule has 4 aromatic rings. The average Bonchev–Trinajstić information content (AvgIpc) is 3.34. The molecule has 0 atom stereocenters. The van der Waals surface area contributed by atoms with Gasteiger partial charge in [0, 0.05) is 6.08 Å². The van der Waals surface area contributed by atoms with Gasteiger partial charge in [0.15, 0.2) is 21.0 Å². The number of fused-ring (bicyclic) bond motifs is 3. The van der Waals surface area contributed by atoms with E-state index in [1.807, 2.05) is 30.5 Å². The molecule has 0 aliphatic heterocycles. The third-order valence-corrected chi connectivity index (χ3v) is 7.34. The summed E-state index contributed by atoms with van der Waals surface area (Å²) >= 11 is 4.73. The summed E-state index contributed by atoms with van der Waals surface area (Å²) in [7, 11) is 3.16. The first-order valence-corrected chi connectivity index (χ1v) is 11.4. The van der Waals surface area contributed by atoms with Crippen LogP contribution >= 0.6 is 34.4 Å². The van der Waals surface area contributed by atoms with Crippen molar-refractivity contribution in [2.24, 2.45) is 0 Å². The van der Waals surface area contributed by atoms with Crippen molar-refractivity contribution in [2.45, 2.75) is 4.34 Å². The van der Waals surface area contributed by atoms with Crippen molar-refractivity contribution in [3.8, 4) is 11.5 Å². The van der Waals surface area contributed by atoms with E-state index >= 15 is 0 Å². The fourth-order valence-electron chi connectivity index (χ4n) is 2.77. The lowest BCUT2D eigenvalue weighted by Gasteiger charge is -2.07. The first-order chi connectivity index (χ1) is 14.1. The molecule has 2 aromatic carbocycles. The third-order valence-electron chi connectivity index (χ3n) is 4.13. The fourth-order valence-corrected chi connectivity index (χ4v) is 5.43. The van der Waals surface area contributed by atoms with Gasteiger partial charge >= 0.3 is 0 Å². The van der Waals surface area contributed by atoms with Crippen LogP contribution in [0.2, 0.25) is 0 Å². The van der Waals surface area contributed by atoms with E-state index in [1.165, 1.54) is 17.4 Å². The molecule has 9 heteroatoms. The Kier molecular flexibility index (Phi) is 5.70. The number of thioether (sulfide) groups is 1. The van der Waals surface area contributed by atoms with Crippen molar-refractivity contribution in [3.63, 3.8) is 0 Å². The second-order valence-corrected chi connectivity index (χ2v) is 8.95. The van der Waals surface area contributed by atoms with E-state index in [9.17, 15) is 4.79 Å². The number of benzene rings is 2. The van der Waals surface area contributed by atoms with Gasteiger partial charge in [-0.3, -0.25) is 10.1 Å². The van der Waals surface area contributed by atoms with Crippen molar-refractivity contribution in [1.82, 2.24) is 9.97 Å². The van der Waals surface area contributed by atoms with Crippen LogP contribution in [-0.2, 0) is 4.79 Å². The number of thiazole rings is 2. The zero-order valence-electron chi connectivity index (χ0n) is 15.9. The molecule has 0 fully saturated rings. The molecule has 1 amide bonds. The molecule has 0 unspecified atom stereocenters. The summed E-state index contributed by atoms with van der Waals surface area (Å²) < 4.78 is 13.7. The molecular formula is C20H17N3O3S3. The van der Waals surface area contributed by atoms with E-state index in [-0.39, 0.29) is 5.91 Å². The highest BCUT2D eigenvalue weighted by atomic mass is 32.2. The Labute approximate surface area is 179 Å². The number of hydrogen-bond donors (Lipinski definition) is 1. The van der Waals surface area contributed by atoms with Gasteiger partial charge in [0.1, 0.15) is 0 Å².